The Kier molecular flexibility index (Phi) is 39.1. The Morgan fingerprint density at radius 1 is 0.442 bits per heavy atom. The number of carbonyl (C=O) groups excluding carboxylic acids is 2. The van der Waals surface area contributed by atoms with Gasteiger partial charge in [0.05, 0.1) is 51.6 Å². The summed E-state index contributed by atoms with van der Waals surface area (Å²) in [5, 5.41) is 0. The summed E-state index contributed by atoms with van der Waals surface area (Å²) in [4.78, 5) is 40.2. The van der Waals surface area contributed by atoms with Crippen LogP contribution in [0.15, 0.2) is 12.3 Å². The standard InChI is InChI=1S/C42H83N3O7/c1-6-10-13-16-19-22-36-48-40(5)27-33-45(35-29-42(47)50-38-24-21-18-15-12-8-3)31-25-30-44(32-26-39-52-43-51-9-4)34-28-41(46)49-37-23-20-17-14-11-7-2/h43H,5-39H2,1-4H3. The Labute approximate surface area is 320 Å². The SMILES string of the molecule is C=C(CCN(CCCN(CCCONOCC)CCC(=O)OCCCCCCCC)CCC(=O)OCCCCCCCC)OCCCCCCCC. The second-order valence-corrected chi connectivity index (χ2v) is 14.1. The highest BCUT2D eigenvalue weighted by molar-refractivity contribution is 5.69. The fourth-order valence-corrected chi connectivity index (χ4v) is 5.93. The summed E-state index contributed by atoms with van der Waals surface area (Å²) >= 11 is 0. The van der Waals surface area contributed by atoms with Crippen LogP contribution in [0.1, 0.15) is 175 Å². The van der Waals surface area contributed by atoms with E-state index in [0.717, 1.165) is 89.9 Å². The summed E-state index contributed by atoms with van der Waals surface area (Å²) in [7, 11) is 0. The molecule has 1 N–H and O–H groups in total. The Morgan fingerprint density at radius 2 is 0.846 bits per heavy atom. The molecule has 0 saturated carbocycles. The largest absolute Gasteiger partial charge is 0.499 e. The van der Waals surface area contributed by atoms with E-state index in [4.69, 9.17) is 23.9 Å². The zero-order valence-corrected chi connectivity index (χ0v) is 34.5. The maximum Gasteiger partial charge on any atom is 0.307 e. The number of unbranched alkanes of at least 4 members (excludes halogenated alkanes) is 15. The zero-order valence-electron chi connectivity index (χ0n) is 34.5. The van der Waals surface area contributed by atoms with Crippen LogP contribution in [0.25, 0.3) is 0 Å². The number of hydrogen-bond acceptors (Lipinski definition) is 10. The summed E-state index contributed by atoms with van der Waals surface area (Å²) in [6.45, 7) is 20.0. The van der Waals surface area contributed by atoms with Crippen molar-refractivity contribution in [3.63, 3.8) is 0 Å². The van der Waals surface area contributed by atoms with Gasteiger partial charge < -0.3 is 24.0 Å². The second kappa shape index (κ2) is 40.5. The first kappa shape index (κ1) is 50.3. The Hall–Kier alpha value is -1.72. The van der Waals surface area contributed by atoms with Crippen molar-refractivity contribution in [3.05, 3.63) is 12.3 Å². The van der Waals surface area contributed by atoms with Crippen molar-refractivity contribution in [1.29, 1.82) is 0 Å². The van der Waals surface area contributed by atoms with E-state index in [-0.39, 0.29) is 11.9 Å². The van der Waals surface area contributed by atoms with Crippen LogP contribution in [0.4, 0.5) is 0 Å². The molecule has 0 heterocycles. The van der Waals surface area contributed by atoms with Gasteiger partial charge in [0.1, 0.15) is 0 Å². The molecule has 0 aliphatic heterocycles. The van der Waals surface area contributed by atoms with Crippen molar-refractivity contribution in [2.45, 2.75) is 175 Å². The van der Waals surface area contributed by atoms with Crippen LogP contribution in [-0.2, 0) is 33.5 Å². The topological polar surface area (TPSA) is 98.8 Å². The Morgan fingerprint density at radius 3 is 1.33 bits per heavy atom. The first-order chi connectivity index (χ1) is 25.5. The third-order valence-electron chi connectivity index (χ3n) is 9.23. The van der Waals surface area contributed by atoms with Gasteiger partial charge >= 0.3 is 11.9 Å². The molecule has 0 bridgehead atoms. The Bertz CT molecular complexity index is 768. The average molecular weight is 742 g/mol. The second-order valence-electron chi connectivity index (χ2n) is 14.1. The predicted molar refractivity (Wildman–Crippen MR) is 214 cm³/mol. The highest BCUT2D eigenvalue weighted by atomic mass is 16.9. The van der Waals surface area contributed by atoms with Crippen molar-refractivity contribution in [2.24, 2.45) is 0 Å². The van der Waals surface area contributed by atoms with Gasteiger partial charge in [0.2, 0.25) is 0 Å². The molecular formula is C42H83N3O7. The Balaban J connectivity index is 4.92. The molecule has 0 fully saturated rings. The lowest BCUT2D eigenvalue weighted by atomic mass is 10.1. The van der Waals surface area contributed by atoms with Crippen molar-refractivity contribution >= 4 is 11.9 Å². The van der Waals surface area contributed by atoms with Gasteiger partial charge in [0, 0.05) is 32.6 Å². The molecule has 52 heavy (non-hydrogen) atoms. The lowest BCUT2D eigenvalue weighted by molar-refractivity contribution is -0.168. The summed E-state index contributed by atoms with van der Waals surface area (Å²) in [6, 6.07) is 0. The molecule has 0 radical (unpaired) electrons. The molecule has 0 aromatic carbocycles. The van der Waals surface area contributed by atoms with Crippen LogP contribution in [-0.4, -0.2) is 94.0 Å². The summed E-state index contributed by atoms with van der Waals surface area (Å²) in [5.74, 6) is 0.554. The third kappa shape index (κ3) is 36.6. The molecule has 0 unspecified atom stereocenters. The molecule has 0 aromatic rings. The van der Waals surface area contributed by atoms with Gasteiger partial charge in [-0.05, 0) is 52.1 Å². The van der Waals surface area contributed by atoms with E-state index in [1.54, 1.807) is 0 Å². The highest BCUT2D eigenvalue weighted by Crippen LogP contribution is 2.11. The molecule has 308 valence electrons. The minimum absolute atomic E-state index is 0.126. The van der Waals surface area contributed by atoms with E-state index in [1.807, 2.05) is 6.92 Å². The first-order valence-corrected chi connectivity index (χ1v) is 21.5. The van der Waals surface area contributed by atoms with Gasteiger partial charge in [0.15, 0.2) is 0 Å². The quantitative estimate of drug-likeness (QED) is 0.0282. The third-order valence-corrected chi connectivity index (χ3v) is 9.23. The summed E-state index contributed by atoms with van der Waals surface area (Å²) in [6.07, 6.45) is 24.6. The van der Waals surface area contributed by atoms with Gasteiger partial charge in [-0.1, -0.05) is 129 Å². The van der Waals surface area contributed by atoms with Crippen molar-refractivity contribution in [1.82, 2.24) is 15.4 Å². The lowest BCUT2D eigenvalue weighted by Gasteiger charge is -2.26. The van der Waals surface area contributed by atoms with E-state index < -0.39 is 0 Å². The van der Waals surface area contributed by atoms with E-state index in [0.29, 0.717) is 52.4 Å². The molecule has 0 spiro atoms. The van der Waals surface area contributed by atoms with Crippen LogP contribution in [0, 0.1) is 0 Å². The van der Waals surface area contributed by atoms with Crippen LogP contribution in [0.5, 0.6) is 0 Å². The molecule has 10 heteroatoms. The smallest absolute Gasteiger partial charge is 0.307 e. The maximum absolute atomic E-state index is 12.6. The average Bonchev–Trinajstić information content (AvgIpc) is 3.14. The normalized spacial score (nSPS) is 11.4. The van der Waals surface area contributed by atoms with Gasteiger partial charge in [-0.15, -0.1) is 0 Å². The molecule has 0 amide bonds. The van der Waals surface area contributed by atoms with Crippen molar-refractivity contribution in [2.75, 3.05) is 72.3 Å². The van der Waals surface area contributed by atoms with Gasteiger partial charge in [-0.3, -0.25) is 19.3 Å². The number of esters is 2. The van der Waals surface area contributed by atoms with Crippen LogP contribution in [0.2, 0.25) is 0 Å². The molecule has 0 rings (SSSR count). The molecule has 0 saturated heterocycles. The number of nitrogens with one attached hydrogen (secondary N) is 1. The minimum atomic E-state index is -0.131. The summed E-state index contributed by atoms with van der Waals surface area (Å²) in [5.41, 5.74) is 2.51. The number of rotatable bonds is 42. The van der Waals surface area contributed by atoms with Gasteiger partial charge in [0.25, 0.3) is 0 Å². The summed E-state index contributed by atoms with van der Waals surface area (Å²) < 4.78 is 17.1. The number of hydrogen-bond donors (Lipinski definition) is 1. The first-order valence-electron chi connectivity index (χ1n) is 21.5. The number of carbonyl (C=O) groups is 2. The predicted octanol–water partition coefficient (Wildman–Crippen LogP) is 9.71. The van der Waals surface area contributed by atoms with Crippen molar-refractivity contribution in [3.8, 4) is 0 Å². The number of nitrogens with zero attached hydrogens (tertiary/aromatic N) is 2. The molecule has 0 aliphatic carbocycles. The number of ether oxygens (including phenoxy) is 3. The minimum Gasteiger partial charge on any atom is -0.499 e. The van der Waals surface area contributed by atoms with E-state index >= 15 is 0 Å². The molecular weight excluding hydrogens is 658 g/mol. The fourth-order valence-electron chi connectivity index (χ4n) is 5.93. The molecule has 0 aliphatic rings. The maximum atomic E-state index is 12.6. The van der Waals surface area contributed by atoms with Gasteiger partial charge in [-0.25, -0.2) is 0 Å². The molecule has 10 nitrogen and oxygen atoms in total. The van der Waals surface area contributed by atoms with Crippen LogP contribution < -0.4 is 5.64 Å². The van der Waals surface area contributed by atoms with E-state index in [2.05, 4.69) is 42.8 Å². The fraction of sp³-hybridized carbons (Fsp3) is 0.905. The highest BCUT2D eigenvalue weighted by Gasteiger charge is 2.14. The monoisotopic (exact) mass is 742 g/mol. The zero-order chi connectivity index (χ0) is 38.2. The van der Waals surface area contributed by atoms with Crippen molar-refractivity contribution < 1.29 is 33.5 Å². The molecule has 0 atom stereocenters. The van der Waals surface area contributed by atoms with Crippen LogP contribution >= 0.6 is 0 Å². The lowest BCUT2D eigenvalue weighted by Crippen LogP contribution is -2.34. The van der Waals surface area contributed by atoms with E-state index in [1.165, 1.54) is 83.5 Å². The molecule has 0 aromatic heterocycles. The van der Waals surface area contributed by atoms with E-state index in [9.17, 15) is 9.59 Å². The van der Waals surface area contributed by atoms with Crippen LogP contribution in [0.3, 0.4) is 0 Å². The van der Waals surface area contributed by atoms with Gasteiger partial charge in [-0.2, -0.15) is 0 Å².